The van der Waals surface area contributed by atoms with Gasteiger partial charge in [0, 0.05) is 42.4 Å². The molecule has 0 radical (unpaired) electrons. The molecule has 290 valence electrons. The van der Waals surface area contributed by atoms with Gasteiger partial charge in [-0.05, 0) is 68.3 Å². The van der Waals surface area contributed by atoms with Crippen LogP contribution in [0.4, 0.5) is 0 Å². The Labute approximate surface area is 365 Å². The Morgan fingerprint density at radius 1 is 0.323 bits per heavy atom. The van der Waals surface area contributed by atoms with Gasteiger partial charge in [0.1, 0.15) is 0 Å². The summed E-state index contributed by atoms with van der Waals surface area (Å²) in [6.45, 7) is 0. The van der Waals surface area contributed by atoms with Crippen LogP contribution in [0.15, 0.2) is 231 Å². The normalized spacial score (nSPS) is 12.6. The van der Waals surface area contributed by atoms with Gasteiger partial charge in [0.15, 0.2) is 5.82 Å². The number of nitrogens with zero attached hydrogens (tertiary/aromatic N) is 2. The molecule has 0 unspecified atom stereocenters. The van der Waals surface area contributed by atoms with E-state index in [1.807, 2.05) is 17.4 Å². The Morgan fingerprint density at radius 3 is 1.52 bits per heavy atom. The molecule has 0 saturated heterocycles. The van der Waals surface area contributed by atoms with E-state index in [-0.39, 0.29) is 0 Å². The predicted molar refractivity (Wildman–Crippen MR) is 259 cm³/mol. The lowest BCUT2D eigenvalue weighted by Gasteiger charge is -2.34. The first-order valence-corrected chi connectivity index (χ1v) is 22.0. The van der Waals surface area contributed by atoms with E-state index in [2.05, 4.69) is 224 Å². The van der Waals surface area contributed by atoms with Crippen molar-refractivity contribution in [1.82, 2.24) is 9.97 Å². The molecular formula is C59H38N2S. The van der Waals surface area contributed by atoms with E-state index in [1.165, 1.54) is 59.1 Å². The van der Waals surface area contributed by atoms with E-state index in [4.69, 9.17) is 9.97 Å². The van der Waals surface area contributed by atoms with Gasteiger partial charge in [-0.1, -0.05) is 212 Å². The summed E-state index contributed by atoms with van der Waals surface area (Å²) in [5.41, 5.74) is 16.6. The lowest BCUT2D eigenvalue weighted by atomic mass is 9.67. The highest BCUT2D eigenvalue weighted by Crippen LogP contribution is 2.56. The maximum atomic E-state index is 5.38. The first-order chi connectivity index (χ1) is 30.8. The van der Waals surface area contributed by atoms with Crippen molar-refractivity contribution in [3.8, 4) is 67.3 Å². The summed E-state index contributed by atoms with van der Waals surface area (Å²) in [4.78, 5) is 10.7. The van der Waals surface area contributed by atoms with Gasteiger partial charge in [-0.25, -0.2) is 9.97 Å². The average molecular weight is 807 g/mol. The number of hydrogen-bond acceptors (Lipinski definition) is 3. The van der Waals surface area contributed by atoms with E-state index >= 15 is 0 Å². The topological polar surface area (TPSA) is 25.8 Å². The molecule has 9 aromatic carbocycles. The third-order valence-electron chi connectivity index (χ3n) is 12.6. The second-order valence-electron chi connectivity index (χ2n) is 16.0. The van der Waals surface area contributed by atoms with Crippen LogP contribution in [0.25, 0.3) is 87.5 Å². The van der Waals surface area contributed by atoms with Crippen molar-refractivity contribution in [3.63, 3.8) is 0 Å². The summed E-state index contributed by atoms with van der Waals surface area (Å²) in [5, 5.41) is 2.57. The van der Waals surface area contributed by atoms with E-state index in [0.29, 0.717) is 5.82 Å². The maximum absolute atomic E-state index is 5.38. The minimum Gasteiger partial charge on any atom is -0.228 e. The minimum absolute atomic E-state index is 0.497. The van der Waals surface area contributed by atoms with Gasteiger partial charge in [-0.3, -0.25) is 0 Å². The summed E-state index contributed by atoms with van der Waals surface area (Å²) in [5.74, 6) is 0.693. The van der Waals surface area contributed by atoms with Gasteiger partial charge >= 0.3 is 0 Å². The third-order valence-corrected chi connectivity index (χ3v) is 13.8. The van der Waals surface area contributed by atoms with Crippen LogP contribution in [0.3, 0.4) is 0 Å². The molecular weight excluding hydrogens is 769 g/mol. The van der Waals surface area contributed by atoms with Gasteiger partial charge < -0.3 is 0 Å². The van der Waals surface area contributed by atoms with Gasteiger partial charge in [-0.15, -0.1) is 11.3 Å². The van der Waals surface area contributed by atoms with Crippen molar-refractivity contribution in [1.29, 1.82) is 0 Å². The van der Waals surface area contributed by atoms with Crippen molar-refractivity contribution in [2.75, 3.05) is 0 Å². The number of hydrogen-bond donors (Lipinski definition) is 0. The molecule has 0 fully saturated rings. The van der Waals surface area contributed by atoms with E-state index in [9.17, 15) is 0 Å². The van der Waals surface area contributed by atoms with Gasteiger partial charge in [0.05, 0.1) is 16.8 Å². The Morgan fingerprint density at radius 2 is 0.806 bits per heavy atom. The zero-order valence-electron chi connectivity index (χ0n) is 33.7. The molecule has 0 spiro atoms. The van der Waals surface area contributed by atoms with Crippen LogP contribution < -0.4 is 0 Å². The molecule has 0 bridgehead atoms. The molecule has 12 rings (SSSR count). The Balaban J connectivity index is 1.06. The first-order valence-electron chi connectivity index (χ1n) is 21.2. The standard InChI is InChI=1S/C59H38N2S/c1-3-19-39(20-4-1)58-60-54(38-55(61-58)48-30-10-8-26-44(48)50-32-18-33-51-49-31-13-16-36-56(49)62-57(50)51)47-29-9-7-25-43(47)40-21-17-24-42(37-40)59(41-22-5-2-6-23-41)52-34-14-11-27-45(52)46-28-12-15-35-53(46)59/h1-38H. The van der Waals surface area contributed by atoms with Crippen LogP contribution in [-0.2, 0) is 5.41 Å². The summed E-state index contributed by atoms with van der Waals surface area (Å²) in [7, 11) is 0. The second-order valence-corrected chi connectivity index (χ2v) is 17.0. The van der Waals surface area contributed by atoms with Crippen LogP contribution in [0.2, 0.25) is 0 Å². The van der Waals surface area contributed by atoms with Crippen molar-refractivity contribution >= 4 is 31.5 Å². The number of benzene rings is 9. The fraction of sp³-hybridized carbons (Fsp3) is 0.0169. The van der Waals surface area contributed by atoms with Gasteiger partial charge in [0.25, 0.3) is 0 Å². The lowest BCUT2D eigenvalue weighted by molar-refractivity contribution is 0.769. The molecule has 2 aromatic heterocycles. The van der Waals surface area contributed by atoms with Gasteiger partial charge in [0.2, 0.25) is 0 Å². The molecule has 2 heterocycles. The van der Waals surface area contributed by atoms with E-state index < -0.39 is 5.41 Å². The number of thiophene rings is 1. The predicted octanol–water partition coefficient (Wildman–Crippen LogP) is 15.5. The number of fused-ring (bicyclic) bond motifs is 6. The zero-order valence-corrected chi connectivity index (χ0v) is 34.6. The molecule has 0 atom stereocenters. The van der Waals surface area contributed by atoms with Crippen molar-refractivity contribution in [2.45, 2.75) is 5.41 Å². The van der Waals surface area contributed by atoms with Crippen LogP contribution in [0, 0.1) is 0 Å². The molecule has 0 saturated carbocycles. The van der Waals surface area contributed by atoms with E-state index in [1.54, 1.807) is 0 Å². The van der Waals surface area contributed by atoms with Crippen LogP contribution in [0.5, 0.6) is 0 Å². The molecule has 11 aromatic rings. The lowest BCUT2D eigenvalue weighted by Crippen LogP contribution is -2.28. The zero-order chi connectivity index (χ0) is 41.0. The van der Waals surface area contributed by atoms with Crippen molar-refractivity contribution in [2.24, 2.45) is 0 Å². The second kappa shape index (κ2) is 14.8. The quantitative estimate of drug-likeness (QED) is 0.160. The third kappa shape index (κ3) is 5.70. The molecule has 2 nitrogen and oxygen atoms in total. The van der Waals surface area contributed by atoms with Crippen molar-refractivity contribution < 1.29 is 0 Å². The molecule has 62 heavy (non-hydrogen) atoms. The Bertz CT molecular complexity index is 3430. The SMILES string of the molecule is c1ccc(-c2nc(-c3ccccc3-c3cccc(C4(c5ccccc5)c5ccccc5-c5ccccc54)c3)cc(-c3ccccc3-c3cccc4c3sc3ccccc34)n2)cc1. The van der Waals surface area contributed by atoms with Crippen LogP contribution in [0.1, 0.15) is 22.3 Å². The van der Waals surface area contributed by atoms with Gasteiger partial charge in [-0.2, -0.15) is 0 Å². The van der Waals surface area contributed by atoms with E-state index in [0.717, 1.165) is 44.8 Å². The number of rotatable bonds is 7. The monoisotopic (exact) mass is 806 g/mol. The highest BCUT2D eigenvalue weighted by atomic mass is 32.1. The molecule has 3 heteroatoms. The molecule has 0 N–H and O–H groups in total. The first kappa shape index (κ1) is 36.2. The fourth-order valence-electron chi connectivity index (χ4n) is 9.93. The maximum Gasteiger partial charge on any atom is 0.160 e. The molecule has 1 aliphatic carbocycles. The smallest absolute Gasteiger partial charge is 0.160 e. The van der Waals surface area contributed by atoms with Crippen LogP contribution >= 0.6 is 11.3 Å². The summed E-state index contributed by atoms with van der Waals surface area (Å²) >= 11 is 1.85. The molecule has 0 amide bonds. The summed E-state index contributed by atoms with van der Waals surface area (Å²) in [6, 6.07) is 83.4. The largest absolute Gasteiger partial charge is 0.228 e. The summed E-state index contributed by atoms with van der Waals surface area (Å²) in [6.07, 6.45) is 0. The minimum atomic E-state index is -0.497. The summed E-state index contributed by atoms with van der Waals surface area (Å²) < 4.78 is 2.57. The van der Waals surface area contributed by atoms with Crippen molar-refractivity contribution in [3.05, 3.63) is 253 Å². The van der Waals surface area contributed by atoms with Crippen LogP contribution in [-0.4, -0.2) is 9.97 Å². The Hall–Kier alpha value is -7.72. The highest BCUT2D eigenvalue weighted by molar-refractivity contribution is 7.26. The Kier molecular flexibility index (Phi) is 8.62. The molecule has 1 aliphatic rings. The number of aromatic nitrogens is 2. The highest BCUT2D eigenvalue weighted by Gasteiger charge is 2.45. The average Bonchev–Trinajstić information content (AvgIpc) is 3.89. The molecule has 0 aliphatic heterocycles. The fourth-order valence-corrected chi connectivity index (χ4v) is 11.2.